The van der Waals surface area contributed by atoms with E-state index in [-0.39, 0.29) is 0 Å². The fourth-order valence-electron chi connectivity index (χ4n) is 1.76. The number of aromatic nitrogens is 1. The molecule has 2 N–H and O–H groups in total. The van der Waals surface area contributed by atoms with Gasteiger partial charge in [0, 0.05) is 18.3 Å². The highest BCUT2D eigenvalue weighted by Crippen LogP contribution is 2.25. The number of nitrogens with two attached hydrogens (primary N) is 1. The van der Waals surface area contributed by atoms with Crippen LogP contribution in [0.4, 0.5) is 0 Å². The van der Waals surface area contributed by atoms with Crippen LogP contribution in [0.2, 0.25) is 0 Å². The SMILES string of the molecule is NC1=C2N=CN=C2c2ncccc2C1. The molecule has 0 amide bonds. The van der Waals surface area contributed by atoms with Crippen LogP contribution in [0.25, 0.3) is 0 Å². The largest absolute Gasteiger partial charge is 0.400 e. The maximum Gasteiger partial charge on any atom is 0.118 e. The zero-order chi connectivity index (χ0) is 9.54. The molecule has 68 valence electrons. The molecule has 14 heavy (non-hydrogen) atoms. The molecule has 1 aromatic rings. The predicted molar refractivity (Wildman–Crippen MR) is 54.2 cm³/mol. The molecule has 1 aliphatic carbocycles. The molecule has 2 aliphatic rings. The van der Waals surface area contributed by atoms with E-state index in [0.29, 0.717) is 0 Å². The number of nitrogens with zero attached hydrogens (tertiary/aromatic N) is 3. The van der Waals surface area contributed by atoms with Crippen LogP contribution in [0.1, 0.15) is 11.3 Å². The number of fused-ring (bicyclic) bond motifs is 3. The highest BCUT2D eigenvalue weighted by molar-refractivity contribution is 6.18. The maximum atomic E-state index is 5.89. The second-order valence-corrected chi connectivity index (χ2v) is 3.28. The first kappa shape index (κ1) is 7.44. The van der Waals surface area contributed by atoms with Gasteiger partial charge in [-0.05, 0) is 11.6 Å². The number of allylic oxidation sites excluding steroid dienone is 2. The summed E-state index contributed by atoms with van der Waals surface area (Å²) in [4.78, 5) is 12.6. The number of hydrogen-bond acceptors (Lipinski definition) is 4. The molecule has 0 radical (unpaired) electrons. The topological polar surface area (TPSA) is 63.6 Å². The molecular weight excluding hydrogens is 176 g/mol. The van der Waals surface area contributed by atoms with Crippen molar-refractivity contribution < 1.29 is 0 Å². The second-order valence-electron chi connectivity index (χ2n) is 3.28. The summed E-state index contributed by atoms with van der Waals surface area (Å²) in [6.45, 7) is 0. The Morgan fingerprint density at radius 3 is 3.21 bits per heavy atom. The van der Waals surface area contributed by atoms with Crippen LogP contribution in [0, 0.1) is 0 Å². The minimum atomic E-state index is 0.717. The van der Waals surface area contributed by atoms with Crippen LogP contribution in [-0.2, 0) is 6.42 Å². The molecule has 0 spiro atoms. The lowest BCUT2D eigenvalue weighted by atomic mass is 9.96. The van der Waals surface area contributed by atoms with Gasteiger partial charge < -0.3 is 5.73 Å². The maximum absolute atomic E-state index is 5.89. The summed E-state index contributed by atoms with van der Waals surface area (Å²) in [5, 5.41) is 0. The third kappa shape index (κ3) is 0.849. The minimum absolute atomic E-state index is 0.717. The van der Waals surface area contributed by atoms with Gasteiger partial charge in [-0.3, -0.25) is 4.98 Å². The van der Waals surface area contributed by atoms with Crippen molar-refractivity contribution >= 4 is 12.1 Å². The van der Waals surface area contributed by atoms with Gasteiger partial charge in [-0.2, -0.15) is 0 Å². The predicted octanol–water partition coefficient (Wildman–Crippen LogP) is 0.639. The van der Waals surface area contributed by atoms with Gasteiger partial charge in [0.25, 0.3) is 0 Å². The van der Waals surface area contributed by atoms with Gasteiger partial charge >= 0.3 is 0 Å². The molecule has 1 aromatic heterocycles. The molecule has 0 saturated carbocycles. The first-order chi connectivity index (χ1) is 6.86. The number of hydrogen-bond donors (Lipinski definition) is 1. The van der Waals surface area contributed by atoms with E-state index in [9.17, 15) is 0 Å². The molecule has 0 fully saturated rings. The molecular formula is C10H8N4. The van der Waals surface area contributed by atoms with Crippen molar-refractivity contribution in [3.63, 3.8) is 0 Å². The standard InChI is InChI=1S/C10H8N4/c11-7-4-6-2-1-3-12-8(6)10-9(7)13-5-14-10/h1-3,5H,4,11H2. The molecule has 0 bridgehead atoms. The lowest BCUT2D eigenvalue weighted by Crippen LogP contribution is -2.20. The zero-order valence-corrected chi connectivity index (χ0v) is 7.44. The van der Waals surface area contributed by atoms with Gasteiger partial charge in [0.05, 0.1) is 5.69 Å². The highest BCUT2D eigenvalue weighted by Gasteiger charge is 2.25. The molecule has 0 atom stereocenters. The second kappa shape index (κ2) is 2.51. The van der Waals surface area contributed by atoms with E-state index >= 15 is 0 Å². The van der Waals surface area contributed by atoms with Crippen LogP contribution in [0.3, 0.4) is 0 Å². The summed E-state index contributed by atoms with van der Waals surface area (Å²) in [6.07, 6.45) is 4.01. The Morgan fingerprint density at radius 2 is 2.29 bits per heavy atom. The Hall–Kier alpha value is -1.97. The number of rotatable bonds is 0. The van der Waals surface area contributed by atoms with E-state index in [4.69, 9.17) is 5.73 Å². The van der Waals surface area contributed by atoms with Crippen molar-refractivity contribution in [2.75, 3.05) is 0 Å². The first-order valence-electron chi connectivity index (χ1n) is 4.40. The summed E-state index contributed by atoms with van der Waals surface area (Å²) in [7, 11) is 0. The third-order valence-electron chi connectivity index (χ3n) is 2.40. The van der Waals surface area contributed by atoms with Gasteiger partial charge in [0.15, 0.2) is 0 Å². The number of pyridine rings is 1. The Labute approximate surface area is 80.9 Å². The van der Waals surface area contributed by atoms with E-state index in [1.165, 1.54) is 6.34 Å². The Bertz CT molecular complexity index is 497. The van der Waals surface area contributed by atoms with Crippen molar-refractivity contribution in [1.82, 2.24) is 4.98 Å². The highest BCUT2D eigenvalue weighted by atomic mass is 15.0. The first-order valence-corrected chi connectivity index (χ1v) is 4.40. The molecule has 0 saturated heterocycles. The van der Waals surface area contributed by atoms with Crippen molar-refractivity contribution in [2.45, 2.75) is 6.42 Å². The van der Waals surface area contributed by atoms with Crippen molar-refractivity contribution in [3.05, 3.63) is 41.0 Å². The van der Waals surface area contributed by atoms with Crippen LogP contribution < -0.4 is 5.73 Å². The summed E-state index contributed by atoms with van der Waals surface area (Å²) in [5.74, 6) is 0. The van der Waals surface area contributed by atoms with Crippen molar-refractivity contribution in [1.29, 1.82) is 0 Å². The number of aliphatic imine (C=N–C) groups is 2. The quantitative estimate of drug-likeness (QED) is 0.643. The summed E-state index contributed by atoms with van der Waals surface area (Å²) < 4.78 is 0. The normalized spacial score (nSPS) is 17.9. The molecule has 2 heterocycles. The summed E-state index contributed by atoms with van der Waals surface area (Å²) in [6, 6.07) is 3.93. The molecule has 1 aliphatic heterocycles. The van der Waals surface area contributed by atoms with E-state index < -0.39 is 0 Å². The Balaban J connectivity index is 2.27. The van der Waals surface area contributed by atoms with Gasteiger partial charge in [-0.25, -0.2) is 9.98 Å². The third-order valence-corrected chi connectivity index (χ3v) is 2.40. The Kier molecular flexibility index (Phi) is 1.33. The van der Waals surface area contributed by atoms with Gasteiger partial charge in [0.1, 0.15) is 17.7 Å². The molecule has 3 rings (SSSR count). The molecule has 4 nitrogen and oxygen atoms in total. The summed E-state index contributed by atoms with van der Waals surface area (Å²) in [5.41, 5.74) is 10.3. The average molecular weight is 184 g/mol. The van der Waals surface area contributed by atoms with Crippen LogP contribution in [-0.4, -0.2) is 17.0 Å². The summed E-state index contributed by atoms with van der Waals surface area (Å²) >= 11 is 0. The van der Waals surface area contributed by atoms with Crippen molar-refractivity contribution in [2.24, 2.45) is 15.7 Å². The smallest absolute Gasteiger partial charge is 0.118 e. The fraction of sp³-hybridized carbons (Fsp3) is 0.100. The Morgan fingerprint density at radius 1 is 1.36 bits per heavy atom. The fourth-order valence-corrected chi connectivity index (χ4v) is 1.76. The molecule has 4 heteroatoms. The zero-order valence-electron chi connectivity index (χ0n) is 7.44. The van der Waals surface area contributed by atoms with Crippen LogP contribution in [0.15, 0.2) is 39.7 Å². The van der Waals surface area contributed by atoms with Crippen LogP contribution >= 0.6 is 0 Å². The van der Waals surface area contributed by atoms with Crippen LogP contribution in [0.5, 0.6) is 0 Å². The monoisotopic (exact) mass is 184 g/mol. The van der Waals surface area contributed by atoms with Gasteiger partial charge in [0.2, 0.25) is 0 Å². The van der Waals surface area contributed by atoms with E-state index in [2.05, 4.69) is 15.0 Å². The van der Waals surface area contributed by atoms with E-state index in [1.807, 2.05) is 12.1 Å². The van der Waals surface area contributed by atoms with E-state index in [0.717, 1.165) is 34.8 Å². The molecule has 0 unspecified atom stereocenters. The van der Waals surface area contributed by atoms with E-state index in [1.54, 1.807) is 6.20 Å². The minimum Gasteiger partial charge on any atom is -0.400 e. The van der Waals surface area contributed by atoms with Gasteiger partial charge in [-0.15, -0.1) is 0 Å². The lowest BCUT2D eigenvalue weighted by Gasteiger charge is -2.15. The lowest BCUT2D eigenvalue weighted by molar-refractivity contribution is 1.03. The van der Waals surface area contributed by atoms with Crippen molar-refractivity contribution in [3.8, 4) is 0 Å². The average Bonchev–Trinajstić information content (AvgIpc) is 2.67. The van der Waals surface area contributed by atoms with Gasteiger partial charge in [-0.1, -0.05) is 6.07 Å². The molecule has 0 aromatic carbocycles.